The summed E-state index contributed by atoms with van der Waals surface area (Å²) in [4.78, 5) is 42.7. The van der Waals surface area contributed by atoms with E-state index in [1.807, 2.05) is 17.5 Å². The Kier molecular flexibility index (Phi) is 5.66. The van der Waals surface area contributed by atoms with Crippen molar-refractivity contribution >= 4 is 33.4 Å². The summed E-state index contributed by atoms with van der Waals surface area (Å²) in [5, 5.41) is 5.23. The molecule has 1 N–H and O–H groups in total. The van der Waals surface area contributed by atoms with Gasteiger partial charge in [0.15, 0.2) is 0 Å². The number of amides is 2. The Morgan fingerprint density at radius 1 is 1.19 bits per heavy atom. The zero-order valence-electron chi connectivity index (χ0n) is 15.1. The standard InChI is InChI=1S/C19H20N4O3S/c1-22(2)18(25)14-5-3-13(4-6-14)11-20-16(24)7-9-23-12-21-17-15(19(23)26)8-10-27-17/h3-6,8,10,12H,7,9,11H2,1-2H3,(H,20,24). The molecule has 8 heteroatoms. The lowest BCUT2D eigenvalue weighted by Gasteiger charge is -2.11. The second-order valence-corrected chi connectivity index (χ2v) is 7.20. The van der Waals surface area contributed by atoms with Crippen LogP contribution >= 0.6 is 11.3 Å². The summed E-state index contributed by atoms with van der Waals surface area (Å²) >= 11 is 1.42. The third-order valence-electron chi connectivity index (χ3n) is 4.13. The van der Waals surface area contributed by atoms with Gasteiger partial charge in [-0.25, -0.2) is 4.98 Å². The summed E-state index contributed by atoms with van der Waals surface area (Å²) < 4.78 is 1.45. The van der Waals surface area contributed by atoms with Crippen molar-refractivity contribution in [1.82, 2.24) is 19.8 Å². The fourth-order valence-electron chi connectivity index (χ4n) is 2.59. The van der Waals surface area contributed by atoms with Crippen LogP contribution in [-0.2, 0) is 17.9 Å². The second kappa shape index (κ2) is 8.13. The quantitative estimate of drug-likeness (QED) is 0.703. The zero-order chi connectivity index (χ0) is 19.4. The number of nitrogens with zero attached hydrogens (tertiary/aromatic N) is 3. The number of thiophene rings is 1. The molecule has 7 nitrogen and oxygen atoms in total. The van der Waals surface area contributed by atoms with Crippen LogP contribution in [0.5, 0.6) is 0 Å². The molecule has 3 rings (SSSR count). The van der Waals surface area contributed by atoms with Crippen molar-refractivity contribution in [3.63, 3.8) is 0 Å². The Balaban J connectivity index is 1.53. The molecule has 3 aromatic rings. The fraction of sp³-hybridized carbons (Fsp3) is 0.263. The van der Waals surface area contributed by atoms with Gasteiger partial charge in [0, 0.05) is 39.2 Å². The number of carbonyl (C=O) groups excluding carboxylic acids is 2. The van der Waals surface area contributed by atoms with Crippen LogP contribution in [-0.4, -0.2) is 40.4 Å². The van der Waals surface area contributed by atoms with Crippen LogP contribution in [0.15, 0.2) is 46.8 Å². The first-order valence-electron chi connectivity index (χ1n) is 8.45. The van der Waals surface area contributed by atoms with Crippen LogP contribution in [0.2, 0.25) is 0 Å². The number of aromatic nitrogens is 2. The molecule has 0 atom stereocenters. The topological polar surface area (TPSA) is 84.3 Å². The van der Waals surface area contributed by atoms with Crippen LogP contribution in [0.3, 0.4) is 0 Å². The van der Waals surface area contributed by atoms with Crippen molar-refractivity contribution in [1.29, 1.82) is 0 Å². The molecular weight excluding hydrogens is 364 g/mol. The maximum Gasteiger partial charge on any atom is 0.262 e. The minimum Gasteiger partial charge on any atom is -0.352 e. The Morgan fingerprint density at radius 2 is 1.93 bits per heavy atom. The van der Waals surface area contributed by atoms with Gasteiger partial charge in [-0.1, -0.05) is 12.1 Å². The van der Waals surface area contributed by atoms with E-state index in [0.29, 0.717) is 22.3 Å². The largest absolute Gasteiger partial charge is 0.352 e. The van der Waals surface area contributed by atoms with Crippen LogP contribution in [0.25, 0.3) is 10.2 Å². The predicted octanol–water partition coefficient (Wildman–Crippen LogP) is 1.87. The Labute approximate surface area is 160 Å². The van der Waals surface area contributed by atoms with Gasteiger partial charge in [0.1, 0.15) is 4.83 Å². The van der Waals surface area contributed by atoms with E-state index in [4.69, 9.17) is 0 Å². The highest BCUT2D eigenvalue weighted by Crippen LogP contribution is 2.13. The van der Waals surface area contributed by atoms with Gasteiger partial charge in [-0.2, -0.15) is 0 Å². The van der Waals surface area contributed by atoms with E-state index in [-0.39, 0.29) is 30.3 Å². The maximum atomic E-state index is 12.3. The van der Waals surface area contributed by atoms with Gasteiger partial charge in [-0.05, 0) is 29.1 Å². The molecule has 0 aliphatic heterocycles. The van der Waals surface area contributed by atoms with Gasteiger partial charge >= 0.3 is 0 Å². The van der Waals surface area contributed by atoms with Crippen molar-refractivity contribution in [2.75, 3.05) is 14.1 Å². The van der Waals surface area contributed by atoms with Crippen molar-refractivity contribution in [2.45, 2.75) is 19.5 Å². The van der Waals surface area contributed by atoms with Crippen molar-refractivity contribution in [3.8, 4) is 0 Å². The molecule has 0 radical (unpaired) electrons. The first-order valence-corrected chi connectivity index (χ1v) is 9.33. The number of benzene rings is 1. The number of rotatable bonds is 6. The van der Waals surface area contributed by atoms with Crippen LogP contribution in [0, 0.1) is 0 Å². The van der Waals surface area contributed by atoms with Gasteiger partial charge in [-0.3, -0.25) is 19.0 Å². The summed E-state index contributed by atoms with van der Waals surface area (Å²) in [6.07, 6.45) is 1.67. The van der Waals surface area contributed by atoms with Crippen molar-refractivity contribution in [3.05, 3.63) is 63.5 Å². The molecule has 0 saturated carbocycles. The molecule has 2 amide bonds. The molecule has 0 bridgehead atoms. The molecular formula is C19H20N4O3S. The third-order valence-corrected chi connectivity index (χ3v) is 4.95. The van der Waals surface area contributed by atoms with Crippen LogP contribution in [0.1, 0.15) is 22.3 Å². The Morgan fingerprint density at radius 3 is 2.63 bits per heavy atom. The van der Waals surface area contributed by atoms with Gasteiger partial charge in [-0.15, -0.1) is 11.3 Å². The number of hydrogen-bond donors (Lipinski definition) is 1. The molecule has 27 heavy (non-hydrogen) atoms. The van der Waals surface area contributed by atoms with E-state index in [0.717, 1.165) is 5.56 Å². The molecule has 0 spiro atoms. The SMILES string of the molecule is CN(C)C(=O)c1ccc(CNC(=O)CCn2cnc3sccc3c2=O)cc1. The number of hydrogen-bond acceptors (Lipinski definition) is 5. The summed E-state index contributed by atoms with van der Waals surface area (Å²) in [5.41, 5.74) is 1.37. The summed E-state index contributed by atoms with van der Waals surface area (Å²) in [7, 11) is 3.40. The highest BCUT2D eigenvalue weighted by Gasteiger charge is 2.09. The molecule has 140 valence electrons. The average molecular weight is 384 g/mol. The lowest BCUT2D eigenvalue weighted by atomic mass is 10.1. The number of aryl methyl sites for hydroxylation is 1. The summed E-state index contributed by atoms with van der Waals surface area (Å²) in [6, 6.07) is 8.86. The lowest BCUT2D eigenvalue weighted by molar-refractivity contribution is -0.121. The molecule has 0 aliphatic rings. The third kappa shape index (κ3) is 4.40. The molecule has 0 saturated heterocycles. The number of carbonyl (C=O) groups is 2. The maximum absolute atomic E-state index is 12.3. The zero-order valence-corrected chi connectivity index (χ0v) is 16.0. The average Bonchev–Trinajstić information content (AvgIpc) is 3.15. The number of fused-ring (bicyclic) bond motifs is 1. The minimum absolute atomic E-state index is 0.0628. The summed E-state index contributed by atoms with van der Waals surface area (Å²) in [5.74, 6) is -0.215. The Bertz CT molecular complexity index is 1020. The van der Waals surface area contributed by atoms with Gasteiger partial charge in [0.25, 0.3) is 11.5 Å². The Hall–Kier alpha value is -3.00. The smallest absolute Gasteiger partial charge is 0.262 e. The molecule has 0 unspecified atom stereocenters. The highest BCUT2D eigenvalue weighted by atomic mass is 32.1. The first-order chi connectivity index (χ1) is 13.0. The second-order valence-electron chi connectivity index (χ2n) is 6.31. The molecule has 2 heterocycles. The lowest BCUT2D eigenvalue weighted by Crippen LogP contribution is -2.27. The molecule has 2 aromatic heterocycles. The van der Waals surface area contributed by atoms with Crippen molar-refractivity contribution in [2.24, 2.45) is 0 Å². The van der Waals surface area contributed by atoms with Gasteiger partial charge in [0.2, 0.25) is 5.91 Å². The first kappa shape index (κ1) is 18.8. The molecule has 1 aromatic carbocycles. The van der Waals surface area contributed by atoms with E-state index in [1.165, 1.54) is 27.1 Å². The minimum atomic E-state index is -0.152. The van der Waals surface area contributed by atoms with E-state index >= 15 is 0 Å². The normalized spacial score (nSPS) is 10.7. The summed E-state index contributed by atoms with van der Waals surface area (Å²) in [6.45, 7) is 0.645. The molecule has 0 aliphatic carbocycles. The van der Waals surface area contributed by atoms with Gasteiger partial charge in [0.05, 0.1) is 11.7 Å². The van der Waals surface area contributed by atoms with E-state index in [1.54, 1.807) is 32.3 Å². The van der Waals surface area contributed by atoms with E-state index in [2.05, 4.69) is 10.3 Å². The van der Waals surface area contributed by atoms with Crippen LogP contribution in [0.4, 0.5) is 0 Å². The molecule has 0 fully saturated rings. The predicted molar refractivity (Wildman–Crippen MR) is 105 cm³/mol. The van der Waals surface area contributed by atoms with E-state index < -0.39 is 0 Å². The monoisotopic (exact) mass is 384 g/mol. The number of nitrogens with one attached hydrogen (secondary N) is 1. The highest BCUT2D eigenvalue weighted by molar-refractivity contribution is 7.16. The van der Waals surface area contributed by atoms with Crippen molar-refractivity contribution < 1.29 is 9.59 Å². The van der Waals surface area contributed by atoms with Gasteiger partial charge < -0.3 is 10.2 Å². The van der Waals surface area contributed by atoms with Crippen LogP contribution < -0.4 is 10.9 Å². The van der Waals surface area contributed by atoms with E-state index in [9.17, 15) is 14.4 Å². The fourth-order valence-corrected chi connectivity index (χ4v) is 3.31.